The predicted molar refractivity (Wildman–Crippen MR) is 138 cm³/mol. The molecule has 7 nitrogen and oxygen atoms in total. The molecule has 0 aromatic heterocycles. The molecule has 2 amide bonds. The van der Waals surface area contributed by atoms with Gasteiger partial charge in [0.1, 0.15) is 12.6 Å². The molecule has 1 atom stereocenters. The van der Waals surface area contributed by atoms with E-state index in [1.165, 1.54) is 29.2 Å². The summed E-state index contributed by atoms with van der Waals surface area (Å²) < 4.78 is 28.3. The van der Waals surface area contributed by atoms with E-state index in [1.807, 2.05) is 30.3 Å². The Morgan fingerprint density at radius 3 is 2.06 bits per heavy atom. The number of sulfonamides is 1. The van der Waals surface area contributed by atoms with Crippen molar-refractivity contribution in [1.29, 1.82) is 0 Å². The average Bonchev–Trinajstić information content (AvgIpc) is 2.86. The molecular weight excluding hydrogens is 486 g/mol. The van der Waals surface area contributed by atoms with Gasteiger partial charge < -0.3 is 10.2 Å². The van der Waals surface area contributed by atoms with E-state index in [0.717, 1.165) is 9.87 Å². The molecule has 35 heavy (non-hydrogen) atoms. The number of para-hydroxylation sites is 1. The van der Waals surface area contributed by atoms with Crippen molar-refractivity contribution in [2.24, 2.45) is 0 Å². The van der Waals surface area contributed by atoms with E-state index >= 15 is 0 Å². The van der Waals surface area contributed by atoms with Crippen LogP contribution in [0.1, 0.15) is 19.4 Å². The van der Waals surface area contributed by atoms with E-state index in [9.17, 15) is 18.0 Å². The van der Waals surface area contributed by atoms with Crippen LogP contribution in [0, 0.1) is 0 Å². The van der Waals surface area contributed by atoms with Gasteiger partial charge in [0, 0.05) is 18.1 Å². The SMILES string of the molecule is CCNC(=O)[C@@H](C)N(Cc1ccccc1)C(=O)CN(c1ccccc1)S(=O)(=O)c1ccc(Cl)cc1. The van der Waals surface area contributed by atoms with E-state index in [-0.39, 0.29) is 17.3 Å². The quantitative estimate of drug-likeness (QED) is 0.442. The van der Waals surface area contributed by atoms with Gasteiger partial charge in [-0.15, -0.1) is 0 Å². The fourth-order valence-corrected chi connectivity index (χ4v) is 5.08. The maximum Gasteiger partial charge on any atom is 0.264 e. The number of anilines is 1. The molecule has 0 saturated carbocycles. The van der Waals surface area contributed by atoms with Crippen molar-refractivity contribution >= 4 is 39.1 Å². The van der Waals surface area contributed by atoms with Crippen molar-refractivity contribution in [3.05, 3.63) is 95.5 Å². The first kappa shape index (κ1) is 26.2. The van der Waals surface area contributed by atoms with Crippen LogP contribution in [0.4, 0.5) is 5.69 Å². The Kier molecular flexibility index (Phi) is 8.89. The minimum absolute atomic E-state index is 0.00457. The molecule has 0 spiro atoms. The summed E-state index contributed by atoms with van der Waals surface area (Å²) in [5, 5.41) is 3.13. The van der Waals surface area contributed by atoms with Crippen LogP contribution in [0.2, 0.25) is 5.02 Å². The Bertz CT molecular complexity index is 1240. The van der Waals surface area contributed by atoms with Gasteiger partial charge in [-0.25, -0.2) is 8.42 Å². The second kappa shape index (κ2) is 11.9. The van der Waals surface area contributed by atoms with Crippen molar-refractivity contribution < 1.29 is 18.0 Å². The number of halogens is 1. The molecule has 0 radical (unpaired) electrons. The Morgan fingerprint density at radius 2 is 1.49 bits per heavy atom. The van der Waals surface area contributed by atoms with Gasteiger partial charge in [0.05, 0.1) is 10.6 Å². The maximum atomic E-state index is 13.6. The molecule has 3 aromatic carbocycles. The second-order valence-electron chi connectivity index (χ2n) is 7.88. The number of amides is 2. The van der Waals surface area contributed by atoms with E-state index in [0.29, 0.717) is 17.3 Å². The van der Waals surface area contributed by atoms with Gasteiger partial charge in [-0.2, -0.15) is 0 Å². The molecule has 0 fully saturated rings. The number of carbonyl (C=O) groups is 2. The molecule has 0 aliphatic carbocycles. The number of hydrogen-bond acceptors (Lipinski definition) is 4. The number of rotatable bonds is 10. The molecule has 0 heterocycles. The van der Waals surface area contributed by atoms with E-state index in [4.69, 9.17) is 11.6 Å². The maximum absolute atomic E-state index is 13.6. The fourth-order valence-electron chi connectivity index (χ4n) is 3.54. The normalized spacial score (nSPS) is 12.0. The summed E-state index contributed by atoms with van der Waals surface area (Å²) in [7, 11) is -4.10. The molecular formula is C26H28ClN3O4S. The third-order valence-corrected chi connectivity index (χ3v) is 7.48. The van der Waals surface area contributed by atoms with E-state index < -0.39 is 28.5 Å². The van der Waals surface area contributed by atoms with E-state index in [1.54, 1.807) is 44.2 Å². The predicted octanol–water partition coefficient (Wildman–Crippen LogP) is 4.09. The molecule has 3 aromatic rings. The third-order valence-electron chi connectivity index (χ3n) is 5.44. The number of nitrogens with one attached hydrogen (secondary N) is 1. The highest BCUT2D eigenvalue weighted by molar-refractivity contribution is 7.92. The van der Waals surface area contributed by atoms with Crippen LogP contribution >= 0.6 is 11.6 Å². The van der Waals surface area contributed by atoms with Crippen molar-refractivity contribution in [3.8, 4) is 0 Å². The highest BCUT2D eigenvalue weighted by Crippen LogP contribution is 2.25. The summed E-state index contributed by atoms with van der Waals surface area (Å²) >= 11 is 5.94. The summed E-state index contributed by atoms with van der Waals surface area (Å²) in [6, 6.07) is 22.6. The summed E-state index contributed by atoms with van der Waals surface area (Å²) in [4.78, 5) is 27.7. The topological polar surface area (TPSA) is 86.8 Å². The number of carbonyl (C=O) groups excluding carboxylic acids is 2. The Labute approximate surface area is 211 Å². The number of benzene rings is 3. The van der Waals surface area contributed by atoms with Crippen molar-refractivity contribution in [1.82, 2.24) is 10.2 Å². The number of likely N-dealkylation sites (N-methyl/N-ethyl adjacent to an activating group) is 1. The van der Waals surface area contributed by atoms with Crippen molar-refractivity contribution in [2.75, 3.05) is 17.4 Å². The standard InChI is InChI=1S/C26H28ClN3O4S/c1-3-28-26(32)20(2)29(18-21-10-6-4-7-11-21)25(31)19-30(23-12-8-5-9-13-23)35(33,34)24-16-14-22(27)15-17-24/h4-17,20H,3,18-19H2,1-2H3,(H,28,32)/t20-/m1/s1. The van der Waals surface area contributed by atoms with Crippen LogP contribution < -0.4 is 9.62 Å². The molecule has 0 unspecified atom stereocenters. The van der Waals surface area contributed by atoms with Gasteiger partial charge in [-0.1, -0.05) is 60.1 Å². The lowest BCUT2D eigenvalue weighted by atomic mass is 10.1. The van der Waals surface area contributed by atoms with Gasteiger partial charge in [-0.05, 0) is 55.8 Å². The molecule has 0 bridgehead atoms. The van der Waals surface area contributed by atoms with Crippen molar-refractivity contribution in [3.63, 3.8) is 0 Å². The summed E-state index contributed by atoms with van der Waals surface area (Å²) in [6.45, 7) is 3.51. The van der Waals surface area contributed by atoms with Gasteiger partial charge in [0.15, 0.2) is 0 Å². The zero-order chi connectivity index (χ0) is 25.4. The monoisotopic (exact) mass is 513 g/mol. The van der Waals surface area contributed by atoms with Gasteiger partial charge in [0.2, 0.25) is 11.8 Å². The Balaban J connectivity index is 1.99. The highest BCUT2D eigenvalue weighted by Gasteiger charge is 2.32. The Morgan fingerprint density at radius 1 is 0.914 bits per heavy atom. The van der Waals surface area contributed by atoms with Crippen LogP contribution in [0.25, 0.3) is 0 Å². The minimum Gasteiger partial charge on any atom is -0.355 e. The van der Waals surface area contributed by atoms with Crippen LogP contribution in [0.3, 0.4) is 0 Å². The fraction of sp³-hybridized carbons (Fsp3) is 0.231. The molecule has 0 saturated heterocycles. The van der Waals surface area contributed by atoms with Gasteiger partial charge in [0.25, 0.3) is 10.0 Å². The smallest absolute Gasteiger partial charge is 0.264 e. The summed E-state index contributed by atoms with van der Waals surface area (Å²) in [6.07, 6.45) is 0. The third kappa shape index (κ3) is 6.61. The van der Waals surface area contributed by atoms with Gasteiger partial charge >= 0.3 is 0 Å². The molecule has 0 aliphatic rings. The number of nitrogens with zero attached hydrogens (tertiary/aromatic N) is 2. The average molecular weight is 514 g/mol. The zero-order valence-corrected chi connectivity index (χ0v) is 21.2. The van der Waals surface area contributed by atoms with Crippen LogP contribution in [-0.2, 0) is 26.2 Å². The minimum atomic E-state index is -4.10. The summed E-state index contributed by atoms with van der Waals surface area (Å²) in [5.41, 5.74) is 1.16. The van der Waals surface area contributed by atoms with Crippen molar-refractivity contribution in [2.45, 2.75) is 31.3 Å². The lowest BCUT2D eigenvalue weighted by Gasteiger charge is -2.32. The first-order valence-electron chi connectivity index (χ1n) is 11.2. The molecule has 9 heteroatoms. The number of hydrogen-bond donors (Lipinski definition) is 1. The first-order chi connectivity index (χ1) is 16.7. The highest BCUT2D eigenvalue weighted by atomic mass is 35.5. The van der Waals surface area contributed by atoms with Gasteiger partial charge in [-0.3, -0.25) is 13.9 Å². The van der Waals surface area contributed by atoms with Crippen LogP contribution in [0.5, 0.6) is 0 Å². The largest absolute Gasteiger partial charge is 0.355 e. The second-order valence-corrected chi connectivity index (χ2v) is 10.2. The zero-order valence-electron chi connectivity index (χ0n) is 19.6. The first-order valence-corrected chi connectivity index (χ1v) is 13.0. The van der Waals surface area contributed by atoms with Crippen LogP contribution in [-0.4, -0.2) is 44.3 Å². The molecule has 1 N–H and O–H groups in total. The molecule has 184 valence electrons. The summed E-state index contributed by atoms with van der Waals surface area (Å²) in [5.74, 6) is -0.822. The lowest BCUT2D eigenvalue weighted by molar-refractivity contribution is -0.139. The molecule has 0 aliphatic heterocycles. The molecule has 3 rings (SSSR count). The Hall–Kier alpha value is -3.36. The van der Waals surface area contributed by atoms with E-state index in [2.05, 4.69) is 5.32 Å². The lowest BCUT2D eigenvalue weighted by Crippen LogP contribution is -2.51. The van der Waals surface area contributed by atoms with Crippen LogP contribution in [0.15, 0.2) is 89.8 Å².